The lowest BCUT2D eigenvalue weighted by atomic mass is 10.1. The number of nitrogens with zero attached hydrogens (tertiary/aromatic N) is 2. The first kappa shape index (κ1) is 8.10. The van der Waals surface area contributed by atoms with E-state index in [0.717, 1.165) is 0 Å². The molecule has 1 aromatic carbocycles. The molecule has 0 atom stereocenters. The minimum Gasteiger partial charge on any atom is -0.497 e. The van der Waals surface area contributed by atoms with Crippen LogP contribution in [0.25, 0.3) is 0 Å². The number of nitriles is 2. The average Bonchev–Trinajstić information content (AvgIpc) is 2.16. The van der Waals surface area contributed by atoms with Gasteiger partial charge in [-0.3, -0.25) is 0 Å². The molecule has 12 heavy (non-hydrogen) atoms. The highest BCUT2D eigenvalue weighted by Crippen LogP contribution is 2.15. The van der Waals surface area contributed by atoms with Crippen LogP contribution in [0.2, 0.25) is 0 Å². The van der Waals surface area contributed by atoms with Gasteiger partial charge in [0.1, 0.15) is 17.9 Å². The number of hydrogen-bond acceptors (Lipinski definition) is 3. The van der Waals surface area contributed by atoms with Gasteiger partial charge in [0.25, 0.3) is 0 Å². The highest BCUT2D eigenvalue weighted by Gasteiger charge is 2.01. The molecular weight excluding hydrogens is 152 g/mol. The van der Waals surface area contributed by atoms with Gasteiger partial charge < -0.3 is 4.74 Å². The Morgan fingerprint density at radius 2 is 1.83 bits per heavy atom. The summed E-state index contributed by atoms with van der Waals surface area (Å²) in [6, 6.07) is 8.60. The standard InChI is InChI=1S/C9H6N2O/c1-12-9-3-2-7(5-10)8(4-9)6-11/h2-4H,1H3. The molecule has 0 fully saturated rings. The highest BCUT2D eigenvalue weighted by molar-refractivity contribution is 5.49. The second-order valence-electron chi connectivity index (χ2n) is 2.14. The minimum absolute atomic E-state index is 0.344. The summed E-state index contributed by atoms with van der Waals surface area (Å²) in [5.74, 6) is 0.588. The van der Waals surface area contributed by atoms with Crippen molar-refractivity contribution in [3.8, 4) is 17.9 Å². The van der Waals surface area contributed by atoms with E-state index < -0.39 is 0 Å². The number of hydrogen-bond donors (Lipinski definition) is 0. The van der Waals surface area contributed by atoms with Crippen LogP contribution in [0.3, 0.4) is 0 Å². The summed E-state index contributed by atoms with van der Waals surface area (Å²) >= 11 is 0. The van der Waals surface area contributed by atoms with Crippen LogP contribution in [0.1, 0.15) is 11.1 Å². The fraction of sp³-hybridized carbons (Fsp3) is 0.111. The summed E-state index contributed by atoms with van der Waals surface area (Å²) in [6.45, 7) is 0. The lowest BCUT2D eigenvalue weighted by Gasteiger charge is -1.99. The van der Waals surface area contributed by atoms with Crippen LogP contribution < -0.4 is 4.74 Å². The zero-order valence-electron chi connectivity index (χ0n) is 6.53. The van der Waals surface area contributed by atoms with Crippen LogP contribution in [0, 0.1) is 22.7 Å². The van der Waals surface area contributed by atoms with Gasteiger partial charge in [-0.2, -0.15) is 10.5 Å². The molecule has 0 saturated carbocycles. The molecule has 0 bridgehead atoms. The van der Waals surface area contributed by atoms with Gasteiger partial charge in [-0.1, -0.05) is 0 Å². The summed E-state index contributed by atoms with van der Waals surface area (Å²) in [6.07, 6.45) is 0. The molecule has 0 heterocycles. The van der Waals surface area contributed by atoms with Crippen molar-refractivity contribution in [2.24, 2.45) is 0 Å². The number of methoxy groups -OCH3 is 1. The normalized spacial score (nSPS) is 8.25. The molecule has 0 saturated heterocycles. The molecule has 1 rings (SSSR count). The first-order chi connectivity index (χ1) is 5.81. The monoisotopic (exact) mass is 158 g/mol. The van der Waals surface area contributed by atoms with Crippen molar-refractivity contribution in [2.45, 2.75) is 0 Å². The summed E-state index contributed by atoms with van der Waals surface area (Å²) in [7, 11) is 1.52. The second kappa shape index (κ2) is 3.41. The van der Waals surface area contributed by atoms with E-state index in [-0.39, 0.29) is 0 Å². The van der Waals surface area contributed by atoms with Crippen molar-refractivity contribution >= 4 is 0 Å². The van der Waals surface area contributed by atoms with Crippen LogP contribution in [0.5, 0.6) is 5.75 Å². The van der Waals surface area contributed by atoms with E-state index >= 15 is 0 Å². The molecule has 0 aliphatic rings. The largest absolute Gasteiger partial charge is 0.497 e. The van der Waals surface area contributed by atoms with Gasteiger partial charge in [0.05, 0.1) is 18.2 Å². The van der Waals surface area contributed by atoms with Crippen LogP contribution >= 0.6 is 0 Å². The van der Waals surface area contributed by atoms with E-state index in [1.807, 2.05) is 12.1 Å². The van der Waals surface area contributed by atoms with Gasteiger partial charge in [0.2, 0.25) is 0 Å². The Morgan fingerprint density at radius 1 is 1.17 bits per heavy atom. The number of rotatable bonds is 1. The van der Waals surface area contributed by atoms with Crippen LogP contribution in [-0.4, -0.2) is 7.11 Å². The fourth-order valence-corrected chi connectivity index (χ4v) is 0.840. The topological polar surface area (TPSA) is 56.8 Å². The molecule has 0 N–H and O–H groups in total. The van der Waals surface area contributed by atoms with Gasteiger partial charge in [-0.05, 0) is 18.2 Å². The van der Waals surface area contributed by atoms with Crippen molar-refractivity contribution in [3.63, 3.8) is 0 Å². The molecule has 0 unspecified atom stereocenters. The van der Waals surface area contributed by atoms with Crippen LogP contribution in [0.4, 0.5) is 0 Å². The highest BCUT2D eigenvalue weighted by atomic mass is 16.5. The molecule has 0 amide bonds. The molecule has 0 spiro atoms. The smallest absolute Gasteiger partial charge is 0.120 e. The Kier molecular flexibility index (Phi) is 2.30. The van der Waals surface area contributed by atoms with Crippen molar-refractivity contribution < 1.29 is 4.74 Å². The molecular formula is C9H6N2O. The maximum Gasteiger partial charge on any atom is 0.120 e. The maximum atomic E-state index is 8.61. The predicted molar refractivity (Wildman–Crippen MR) is 42.4 cm³/mol. The Labute approximate surface area is 70.4 Å². The third-order valence-electron chi connectivity index (χ3n) is 1.47. The summed E-state index contributed by atoms with van der Waals surface area (Å²) < 4.78 is 4.90. The fourth-order valence-electron chi connectivity index (χ4n) is 0.840. The van der Waals surface area contributed by atoms with Crippen molar-refractivity contribution in [2.75, 3.05) is 7.11 Å². The third kappa shape index (κ3) is 1.36. The Morgan fingerprint density at radius 3 is 2.33 bits per heavy atom. The molecule has 58 valence electrons. The zero-order valence-corrected chi connectivity index (χ0v) is 6.53. The summed E-state index contributed by atoms with van der Waals surface area (Å²) in [5, 5.41) is 17.2. The van der Waals surface area contributed by atoms with E-state index in [1.165, 1.54) is 7.11 Å². The maximum absolute atomic E-state index is 8.61. The van der Waals surface area contributed by atoms with Gasteiger partial charge in [0.15, 0.2) is 0 Å². The molecule has 0 aromatic heterocycles. The summed E-state index contributed by atoms with van der Waals surface area (Å²) in [5.41, 5.74) is 0.718. The van der Waals surface area contributed by atoms with Gasteiger partial charge in [-0.25, -0.2) is 0 Å². The van der Waals surface area contributed by atoms with Crippen molar-refractivity contribution in [1.29, 1.82) is 10.5 Å². The van der Waals surface area contributed by atoms with Crippen LogP contribution in [-0.2, 0) is 0 Å². The van der Waals surface area contributed by atoms with Gasteiger partial charge >= 0.3 is 0 Å². The van der Waals surface area contributed by atoms with Crippen molar-refractivity contribution in [3.05, 3.63) is 29.3 Å². The summed E-state index contributed by atoms with van der Waals surface area (Å²) in [4.78, 5) is 0. The second-order valence-corrected chi connectivity index (χ2v) is 2.14. The molecule has 3 heteroatoms. The van der Waals surface area contributed by atoms with E-state index in [1.54, 1.807) is 18.2 Å². The quantitative estimate of drug-likeness (QED) is 0.621. The zero-order chi connectivity index (χ0) is 8.97. The van der Waals surface area contributed by atoms with Crippen molar-refractivity contribution in [1.82, 2.24) is 0 Å². The number of benzene rings is 1. The lowest BCUT2D eigenvalue weighted by Crippen LogP contribution is -1.87. The Bertz CT molecular complexity index is 371. The molecule has 0 aliphatic heterocycles. The molecule has 0 aliphatic carbocycles. The van der Waals surface area contributed by atoms with E-state index in [0.29, 0.717) is 16.9 Å². The average molecular weight is 158 g/mol. The third-order valence-corrected chi connectivity index (χ3v) is 1.47. The first-order valence-corrected chi connectivity index (χ1v) is 3.30. The number of ether oxygens (including phenoxy) is 1. The van der Waals surface area contributed by atoms with E-state index in [2.05, 4.69) is 0 Å². The molecule has 3 nitrogen and oxygen atoms in total. The van der Waals surface area contributed by atoms with E-state index in [4.69, 9.17) is 15.3 Å². The van der Waals surface area contributed by atoms with Crippen LogP contribution in [0.15, 0.2) is 18.2 Å². The molecule has 1 aromatic rings. The van der Waals surface area contributed by atoms with Gasteiger partial charge in [-0.15, -0.1) is 0 Å². The van der Waals surface area contributed by atoms with Gasteiger partial charge in [0, 0.05) is 0 Å². The first-order valence-electron chi connectivity index (χ1n) is 3.30. The lowest BCUT2D eigenvalue weighted by molar-refractivity contribution is 0.414. The van der Waals surface area contributed by atoms with E-state index in [9.17, 15) is 0 Å². The predicted octanol–water partition coefficient (Wildman–Crippen LogP) is 1.44. The minimum atomic E-state index is 0.344. The Hall–Kier alpha value is -2.00. The SMILES string of the molecule is COc1ccc(C#N)c(C#N)c1. The Balaban J connectivity index is 3.25. The molecule has 0 radical (unpaired) electrons.